The molecule has 1 amide bonds. The standard InChI is InChI=1S/C18H28N4OS/c1-3-19-18(21-14-17(23)22-11-4-5-12-22)20-10-13-24-16-8-6-15(2)7-9-16/h6-9H,3-5,10-14H2,1-2H3,(H2,19,20,21). The third-order valence-electron chi connectivity index (χ3n) is 3.86. The molecule has 0 radical (unpaired) electrons. The number of nitrogens with zero attached hydrogens (tertiary/aromatic N) is 2. The number of thioether (sulfide) groups is 1. The molecule has 5 nitrogen and oxygen atoms in total. The average molecular weight is 349 g/mol. The van der Waals surface area contributed by atoms with E-state index >= 15 is 0 Å². The number of rotatable bonds is 7. The van der Waals surface area contributed by atoms with Gasteiger partial charge in [0.2, 0.25) is 5.91 Å². The van der Waals surface area contributed by atoms with Crippen LogP contribution in [0.4, 0.5) is 0 Å². The Morgan fingerprint density at radius 1 is 1.21 bits per heavy atom. The number of carbonyl (C=O) groups is 1. The second kappa shape index (κ2) is 10.2. The molecule has 0 aliphatic carbocycles. The highest BCUT2D eigenvalue weighted by molar-refractivity contribution is 7.99. The SMILES string of the molecule is CCNC(=NCC(=O)N1CCCC1)NCCSc1ccc(C)cc1. The first-order chi connectivity index (χ1) is 11.7. The molecule has 0 unspecified atom stereocenters. The highest BCUT2D eigenvalue weighted by atomic mass is 32.2. The summed E-state index contributed by atoms with van der Waals surface area (Å²) in [6, 6.07) is 8.55. The Bertz CT molecular complexity index is 538. The fraction of sp³-hybridized carbons (Fsp3) is 0.556. The van der Waals surface area contributed by atoms with E-state index in [1.807, 2.05) is 23.6 Å². The zero-order chi connectivity index (χ0) is 17.2. The fourth-order valence-electron chi connectivity index (χ4n) is 2.53. The highest BCUT2D eigenvalue weighted by Crippen LogP contribution is 2.17. The summed E-state index contributed by atoms with van der Waals surface area (Å²) in [5.74, 6) is 1.79. The number of amides is 1. The van der Waals surface area contributed by atoms with E-state index in [9.17, 15) is 4.79 Å². The van der Waals surface area contributed by atoms with E-state index < -0.39 is 0 Å². The van der Waals surface area contributed by atoms with Crippen LogP contribution in [-0.2, 0) is 4.79 Å². The van der Waals surface area contributed by atoms with E-state index in [0.717, 1.165) is 50.7 Å². The van der Waals surface area contributed by atoms with Gasteiger partial charge >= 0.3 is 0 Å². The van der Waals surface area contributed by atoms with Crippen LogP contribution < -0.4 is 10.6 Å². The first kappa shape index (κ1) is 18.6. The number of likely N-dealkylation sites (tertiary alicyclic amines) is 1. The Hall–Kier alpha value is -1.69. The summed E-state index contributed by atoms with van der Waals surface area (Å²) in [6.07, 6.45) is 2.23. The van der Waals surface area contributed by atoms with E-state index in [0.29, 0.717) is 0 Å². The molecule has 1 heterocycles. The molecule has 2 rings (SSSR count). The van der Waals surface area contributed by atoms with Gasteiger partial charge in [0.1, 0.15) is 6.54 Å². The maximum atomic E-state index is 12.1. The number of nitrogens with one attached hydrogen (secondary N) is 2. The molecule has 0 aromatic heterocycles. The van der Waals surface area contributed by atoms with Gasteiger partial charge in [-0.15, -0.1) is 11.8 Å². The predicted octanol–water partition coefficient (Wildman–Crippen LogP) is 2.26. The number of aliphatic imine (C=N–C) groups is 1. The van der Waals surface area contributed by atoms with E-state index in [-0.39, 0.29) is 12.5 Å². The molecule has 0 atom stereocenters. The van der Waals surface area contributed by atoms with Crippen molar-refractivity contribution in [1.82, 2.24) is 15.5 Å². The van der Waals surface area contributed by atoms with Gasteiger partial charge in [0.15, 0.2) is 5.96 Å². The lowest BCUT2D eigenvalue weighted by Crippen LogP contribution is -2.39. The molecule has 1 aromatic carbocycles. The van der Waals surface area contributed by atoms with Gasteiger partial charge in [0.05, 0.1) is 0 Å². The maximum absolute atomic E-state index is 12.1. The van der Waals surface area contributed by atoms with Crippen LogP contribution in [-0.4, -0.2) is 55.2 Å². The van der Waals surface area contributed by atoms with E-state index in [1.54, 1.807) is 0 Å². The summed E-state index contributed by atoms with van der Waals surface area (Å²) >= 11 is 1.81. The van der Waals surface area contributed by atoms with Gasteiger partial charge in [-0.1, -0.05) is 17.7 Å². The van der Waals surface area contributed by atoms with Crippen molar-refractivity contribution in [2.75, 3.05) is 38.5 Å². The zero-order valence-electron chi connectivity index (χ0n) is 14.7. The van der Waals surface area contributed by atoms with Crippen molar-refractivity contribution in [3.8, 4) is 0 Å². The summed E-state index contributed by atoms with van der Waals surface area (Å²) < 4.78 is 0. The van der Waals surface area contributed by atoms with Crippen LogP contribution in [0.15, 0.2) is 34.2 Å². The average Bonchev–Trinajstić information content (AvgIpc) is 3.12. The second-order valence-corrected chi connectivity index (χ2v) is 7.04. The number of hydrogen-bond acceptors (Lipinski definition) is 3. The smallest absolute Gasteiger partial charge is 0.244 e. The van der Waals surface area contributed by atoms with Crippen LogP contribution in [0.1, 0.15) is 25.3 Å². The highest BCUT2D eigenvalue weighted by Gasteiger charge is 2.17. The van der Waals surface area contributed by atoms with E-state index in [1.165, 1.54) is 10.5 Å². The van der Waals surface area contributed by atoms with Crippen LogP contribution >= 0.6 is 11.8 Å². The van der Waals surface area contributed by atoms with E-state index in [2.05, 4.69) is 46.8 Å². The third-order valence-corrected chi connectivity index (χ3v) is 4.87. The first-order valence-corrected chi connectivity index (χ1v) is 9.67. The summed E-state index contributed by atoms with van der Waals surface area (Å²) in [7, 11) is 0. The van der Waals surface area contributed by atoms with Crippen LogP contribution in [0.3, 0.4) is 0 Å². The monoisotopic (exact) mass is 348 g/mol. The molecular weight excluding hydrogens is 320 g/mol. The third kappa shape index (κ3) is 6.43. The Balaban J connectivity index is 1.72. The van der Waals surface area contributed by atoms with Crippen molar-refractivity contribution in [1.29, 1.82) is 0 Å². The van der Waals surface area contributed by atoms with Gasteiger partial charge in [-0.05, 0) is 38.8 Å². The molecule has 1 aromatic rings. The molecule has 1 aliphatic heterocycles. The summed E-state index contributed by atoms with van der Waals surface area (Å²) in [5.41, 5.74) is 1.28. The number of carbonyl (C=O) groups excluding carboxylic acids is 1. The van der Waals surface area contributed by atoms with Gasteiger partial charge in [-0.2, -0.15) is 0 Å². The minimum atomic E-state index is 0.124. The maximum Gasteiger partial charge on any atom is 0.244 e. The molecule has 24 heavy (non-hydrogen) atoms. The molecule has 132 valence electrons. The molecule has 1 aliphatic rings. The van der Waals surface area contributed by atoms with Crippen molar-refractivity contribution < 1.29 is 4.79 Å². The van der Waals surface area contributed by atoms with Crippen LogP contribution in [0, 0.1) is 6.92 Å². The lowest BCUT2D eigenvalue weighted by atomic mass is 10.2. The first-order valence-electron chi connectivity index (χ1n) is 8.68. The van der Waals surface area contributed by atoms with Gasteiger partial charge in [-0.25, -0.2) is 4.99 Å². The molecule has 2 N–H and O–H groups in total. The Kier molecular flexibility index (Phi) is 7.95. The van der Waals surface area contributed by atoms with Gasteiger partial charge in [0, 0.05) is 36.8 Å². The van der Waals surface area contributed by atoms with Gasteiger partial charge in [0.25, 0.3) is 0 Å². The van der Waals surface area contributed by atoms with Crippen LogP contribution in [0.2, 0.25) is 0 Å². The van der Waals surface area contributed by atoms with E-state index in [4.69, 9.17) is 0 Å². The largest absolute Gasteiger partial charge is 0.357 e. The fourth-order valence-corrected chi connectivity index (χ4v) is 3.30. The topological polar surface area (TPSA) is 56.7 Å². The summed E-state index contributed by atoms with van der Waals surface area (Å²) in [6.45, 7) is 7.70. The molecule has 0 bridgehead atoms. The molecule has 1 fully saturated rings. The number of aryl methyl sites for hydroxylation is 1. The molecule has 0 spiro atoms. The Morgan fingerprint density at radius 2 is 1.92 bits per heavy atom. The van der Waals surface area contributed by atoms with Crippen LogP contribution in [0.5, 0.6) is 0 Å². The zero-order valence-corrected chi connectivity index (χ0v) is 15.5. The number of guanidine groups is 1. The summed E-state index contributed by atoms with van der Waals surface area (Å²) in [5, 5.41) is 6.49. The predicted molar refractivity (Wildman–Crippen MR) is 102 cm³/mol. The van der Waals surface area contributed by atoms with Crippen molar-refractivity contribution >= 4 is 23.6 Å². The van der Waals surface area contributed by atoms with Crippen molar-refractivity contribution in [2.24, 2.45) is 4.99 Å². The van der Waals surface area contributed by atoms with Crippen LogP contribution in [0.25, 0.3) is 0 Å². The molecule has 1 saturated heterocycles. The summed E-state index contributed by atoms with van der Waals surface area (Å²) in [4.78, 5) is 19.6. The van der Waals surface area contributed by atoms with Gasteiger partial charge < -0.3 is 15.5 Å². The minimum Gasteiger partial charge on any atom is -0.357 e. The van der Waals surface area contributed by atoms with Crippen molar-refractivity contribution in [2.45, 2.75) is 31.6 Å². The van der Waals surface area contributed by atoms with Crippen molar-refractivity contribution in [3.63, 3.8) is 0 Å². The molecular formula is C18H28N4OS. The minimum absolute atomic E-state index is 0.124. The quantitative estimate of drug-likeness (QED) is 0.343. The number of hydrogen-bond donors (Lipinski definition) is 2. The van der Waals surface area contributed by atoms with Gasteiger partial charge in [-0.3, -0.25) is 4.79 Å². The Labute approximate surface area is 149 Å². The lowest BCUT2D eigenvalue weighted by molar-refractivity contribution is -0.128. The number of benzene rings is 1. The second-order valence-electron chi connectivity index (χ2n) is 5.87. The Morgan fingerprint density at radius 3 is 2.58 bits per heavy atom. The normalized spacial score (nSPS) is 14.8. The lowest BCUT2D eigenvalue weighted by Gasteiger charge is -2.15. The molecule has 0 saturated carbocycles. The molecule has 6 heteroatoms. The van der Waals surface area contributed by atoms with Crippen molar-refractivity contribution in [3.05, 3.63) is 29.8 Å².